The number of para-hydroxylation sites is 1. The Morgan fingerprint density at radius 2 is 1.75 bits per heavy atom. The second-order valence-corrected chi connectivity index (χ2v) is 17.3. The van der Waals surface area contributed by atoms with Crippen LogP contribution < -0.4 is 0 Å². The highest BCUT2D eigenvalue weighted by Gasteiger charge is 2.63. The number of hydrogen-bond acceptors (Lipinski definition) is 13. The summed E-state index contributed by atoms with van der Waals surface area (Å²) in [6, 6.07) is 9.25. The number of ketones is 1. The molecule has 1 aromatic carbocycles. The molecule has 13 atom stereocenters. The maximum atomic E-state index is 14.4. The summed E-state index contributed by atoms with van der Waals surface area (Å²) < 4.78 is 31.8. The molecule has 4 aliphatic heterocycles. The second kappa shape index (κ2) is 16.9. The fraction of sp³-hybridized carbons (Fsp3) is 0.698. The minimum atomic E-state index is -1.26. The van der Waals surface area contributed by atoms with Crippen molar-refractivity contribution in [3.05, 3.63) is 42.1 Å². The number of Topliss-reactive ketones (excluding diaryl/α,β-unsaturated/α-hetero) is 1. The molecule has 4 aliphatic rings. The molecule has 2 bridgehead atoms. The van der Waals surface area contributed by atoms with Gasteiger partial charge in [-0.1, -0.05) is 45.9 Å². The molecule has 3 fully saturated rings. The van der Waals surface area contributed by atoms with Gasteiger partial charge in [-0.15, -0.1) is 0 Å². The van der Waals surface area contributed by atoms with Gasteiger partial charge in [0.2, 0.25) is 0 Å². The standard InChI is InChI=1S/C43H63N5O9/c1-12-33-43(8)37-26(4)34(45-47(48(37)41(52)57-43)21-15-16-29-19-20-44-31-18-14-13-17-30(29)31)24(2)23-42(7,53-11)38(27(5)35(49)28(6)39(51)55-33)56-40-36(50)32(46(9)10)22-25(3)54-40/h13-14,17-20,24-28,32-33,36-38,40,50H,12,15-16,21-23H2,1-11H3/t24-,25-,26+,27+,28-,32+,33-,36-,37-,38-,40+,42-,43-/m1/s1. The van der Waals surface area contributed by atoms with E-state index in [2.05, 4.69) is 18.0 Å². The van der Waals surface area contributed by atoms with Crippen LogP contribution in [-0.2, 0) is 39.7 Å². The highest BCUT2D eigenvalue weighted by Crippen LogP contribution is 2.46. The summed E-state index contributed by atoms with van der Waals surface area (Å²) in [6.07, 6.45) is -0.155. The van der Waals surface area contributed by atoms with E-state index in [9.17, 15) is 19.5 Å². The Labute approximate surface area is 337 Å². The zero-order chi connectivity index (χ0) is 41.6. The van der Waals surface area contributed by atoms with E-state index in [0.717, 1.165) is 28.6 Å². The molecule has 1 amide bonds. The lowest BCUT2D eigenvalue weighted by atomic mass is 9.73. The van der Waals surface area contributed by atoms with Gasteiger partial charge in [0.15, 0.2) is 17.7 Å². The van der Waals surface area contributed by atoms with Crippen LogP contribution in [0.5, 0.6) is 0 Å². The third-order valence-electron chi connectivity index (χ3n) is 13.1. The number of fused-ring (bicyclic) bond motifs is 2. The summed E-state index contributed by atoms with van der Waals surface area (Å²) in [5.41, 5.74) is 0.499. The van der Waals surface area contributed by atoms with Crippen LogP contribution in [0.2, 0.25) is 0 Å². The lowest BCUT2D eigenvalue weighted by Crippen LogP contribution is -2.63. The Bertz CT molecular complexity index is 1820. The number of aryl methyl sites for hydroxylation is 1. The molecule has 14 nitrogen and oxygen atoms in total. The number of likely N-dealkylation sites (N-methyl/N-ethyl adjacent to an activating group) is 1. The summed E-state index contributed by atoms with van der Waals surface area (Å²) in [6.45, 7) is 15.3. The van der Waals surface area contributed by atoms with E-state index in [1.165, 1.54) is 6.92 Å². The molecule has 0 saturated carbocycles. The zero-order valence-corrected chi connectivity index (χ0v) is 35.5. The fourth-order valence-electron chi connectivity index (χ4n) is 9.90. The largest absolute Gasteiger partial charge is 0.457 e. The quantitative estimate of drug-likeness (QED) is 0.256. The zero-order valence-electron chi connectivity index (χ0n) is 35.5. The number of ether oxygens (including phenoxy) is 5. The SMILES string of the molecule is CC[C@H]1OC(=O)[C@H](C)C(=O)[C@H](C)[C@@H](O[C@@H]2O[C@H](C)C[C@H](N(C)C)[C@H]2O)[C@](C)(OC)C[C@@H](C)C2=NN(CCCc3ccnc4ccccc34)N3C(=O)O[C@@]1(C)[C@H]3[C@H]2C. The minimum absolute atomic E-state index is 0.225. The van der Waals surface area contributed by atoms with Gasteiger partial charge in [0.25, 0.3) is 0 Å². The van der Waals surface area contributed by atoms with Crippen LogP contribution in [0.3, 0.4) is 0 Å². The number of aliphatic hydroxyl groups is 1. The van der Waals surface area contributed by atoms with Crippen molar-refractivity contribution in [2.24, 2.45) is 28.8 Å². The molecule has 0 aliphatic carbocycles. The number of carbonyl (C=O) groups is 3. The van der Waals surface area contributed by atoms with Crippen LogP contribution in [0, 0.1) is 23.7 Å². The van der Waals surface area contributed by atoms with Crippen molar-refractivity contribution in [1.29, 1.82) is 0 Å². The molecule has 57 heavy (non-hydrogen) atoms. The van der Waals surface area contributed by atoms with Crippen molar-refractivity contribution < 1.29 is 43.2 Å². The molecule has 0 unspecified atom stereocenters. The Morgan fingerprint density at radius 3 is 2.44 bits per heavy atom. The van der Waals surface area contributed by atoms with E-state index >= 15 is 0 Å². The lowest BCUT2D eigenvalue weighted by molar-refractivity contribution is -0.295. The number of aromatic nitrogens is 1. The number of esters is 1. The maximum absolute atomic E-state index is 14.4. The van der Waals surface area contributed by atoms with Crippen molar-refractivity contribution in [1.82, 2.24) is 20.0 Å². The highest BCUT2D eigenvalue weighted by molar-refractivity contribution is 6.00. The van der Waals surface area contributed by atoms with E-state index in [4.69, 9.17) is 28.8 Å². The van der Waals surface area contributed by atoms with Gasteiger partial charge < -0.3 is 33.7 Å². The van der Waals surface area contributed by atoms with Gasteiger partial charge in [0.1, 0.15) is 24.2 Å². The Morgan fingerprint density at radius 1 is 1.04 bits per heavy atom. The van der Waals surface area contributed by atoms with Gasteiger partial charge in [0, 0.05) is 42.3 Å². The van der Waals surface area contributed by atoms with Crippen molar-refractivity contribution in [2.75, 3.05) is 27.7 Å². The van der Waals surface area contributed by atoms with Gasteiger partial charge in [-0.2, -0.15) is 15.2 Å². The summed E-state index contributed by atoms with van der Waals surface area (Å²) in [7, 11) is 5.39. The van der Waals surface area contributed by atoms with Crippen LogP contribution in [0.25, 0.3) is 10.9 Å². The van der Waals surface area contributed by atoms with Crippen LogP contribution >= 0.6 is 0 Å². The van der Waals surface area contributed by atoms with Gasteiger partial charge in [-0.25, -0.2) is 4.79 Å². The molecule has 5 heterocycles. The molecule has 2 aromatic rings. The number of carbonyl (C=O) groups excluding carboxylic acids is 3. The number of benzene rings is 1. The molecule has 14 heteroatoms. The average Bonchev–Trinajstić information content (AvgIpc) is 3.47. The highest BCUT2D eigenvalue weighted by atomic mass is 16.7. The predicted octanol–water partition coefficient (Wildman–Crippen LogP) is 5.39. The van der Waals surface area contributed by atoms with Crippen molar-refractivity contribution in [2.45, 2.75) is 141 Å². The second-order valence-electron chi connectivity index (χ2n) is 17.3. The molecule has 3 saturated heterocycles. The van der Waals surface area contributed by atoms with Gasteiger partial charge in [-0.3, -0.25) is 14.6 Å². The van der Waals surface area contributed by atoms with Gasteiger partial charge >= 0.3 is 12.1 Å². The topological polar surface area (TPSA) is 153 Å². The molecule has 1 N–H and O–H groups in total. The monoisotopic (exact) mass is 793 g/mol. The third kappa shape index (κ3) is 8.04. The Kier molecular flexibility index (Phi) is 12.7. The van der Waals surface area contributed by atoms with Gasteiger partial charge in [-0.05, 0) is 97.5 Å². The summed E-state index contributed by atoms with van der Waals surface area (Å²) in [5.74, 6) is -3.74. The first-order valence-corrected chi connectivity index (χ1v) is 20.6. The maximum Gasteiger partial charge on any atom is 0.431 e. The van der Waals surface area contributed by atoms with Crippen molar-refractivity contribution >= 4 is 34.5 Å². The van der Waals surface area contributed by atoms with Crippen molar-refractivity contribution in [3.63, 3.8) is 0 Å². The molecular weight excluding hydrogens is 730 g/mol. The smallest absolute Gasteiger partial charge is 0.431 e. The number of aliphatic hydroxyl groups excluding tert-OH is 1. The number of amides is 1. The number of hydrogen-bond donors (Lipinski definition) is 1. The van der Waals surface area contributed by atoms with Crippen LogP contribution in [0.15, 0.2) is 41.6 Å². The van der Waals surface area contributed by atoms with Gasteiger partial charge in [0.05, 0.1) is 29.9 Å². The lowest BCUT2D eigenvalue weighted by Gasteiger charge is -2.49. The number of hydrazine groups is 1. The molecule has 0 spiro atoms. The minimum Gasteiger partial charge on any atom is -0.457 e. The van der Waals surface area contributed by atoms with Crippen LogP contribution in [-0.4, -0.2) is 130 Å². The third-order valence-corrected chi connectivity index (χ3v) is 13.1. The van der Waals surface area contributed by atoms with E-state index in [1.54, 1.807) is 24.2 Å². The predicted molar refractivity (Wildman–Crippen MR) is 214 cm³/mol. The van der Waals surface area contributed by atoms with Crippen molar-refractivity contribution in [3.8, 4) is 0 Å². The van der Waals surface area contributed by atoms with E-state index in [0.29, 0.717) is 32.2 Å². The summed E-state index contributed by atoms with van der Waals surface area (Å²) in [4.78, 5) is 48.8. The molecular formula is C43H63N5O9. The van der Waals surface area contributed by atoms with E-state index < -0.39 is 71.5 Å². The number of methoxy groups -OCH3 is 1. The number of pyridine rings is 1. The molecule has 6 rings (SSSR count). The summed E-state index contributed by atoms with van der Waals surface area (Å²) in [5, 5.41) is 21.2. The number of hydrazone groups is 1. The normalized spacial score (nSPS) is 37.9. The number of rotatable bonds is 9. The first-order valence-electron chi connectivity index (χ1n) is 20.6. The molecule has 1 aromatic heterocycles. The number of nitrogens with zero attached hydrogens (tertiary/aromatic N) is 5. The molecule has 0 radical (unpaired) electrons. The number of cyclic esters (lactones) is 1. The first kappa shape index (κ1) is 42.9. The summed E-state index contributed by atoms with van der Waals surface area (Å²) >= 11 is 0. The van der Waals surface area contributed by atoms with Crippen LogP contribution in [0.1, 0.15) is 86.6 Å². The van der Waals surface area contributed by atoms with Crippen LogP contribution in [0.4, 0.5) is 4.79 Å². The Hall–Kier alpha value is -3.69. The van der Waals surface area contributed by atoms with E-state index in [1.807, 2.05) is 84.1 Å². The van der Waals surface area contributed by atoms with E-state index in [-0.39, 0.29) is 24.0 Å². The first-order chi connectivity index (χ1) is 26.9. The fourth-order valence-corrected chi connectivity index (χ4v) is 9.90. The Balaban J connectivity index is 1.40. The molecule has 314 valence electrons. The average molecular weight is 794 g/mol.